The van der Waals surface area contributed by atoms with Crippen LogP contribution in [-0.4, -0.2) is 58.7 Å². The standard InChI is InChI=1S/C19H28N4O2/c1-15-16(4-13-25-15)18(24)23-11-3-6-19(23)5-2-10-22(12-7-19)17-14-20-8-9-21-17/h8-9,14-16H,2-7,10-13H2,1H3/t15-,16-,19-/m0/s1. The van der Waals surface area contributed by atoms with Gasteiger partial charge in [-0.15, -0.1) is 0 Å². The van der Waals surface area contributed by atoms with Crippen LogP contribution < -0.4 is 4.90 Å². The molecule has 3 aliphatic rings. The average Bonchev–Trinajstić information content (AvgIpc) is 3.18. The minimum atomic E-state index is 0.0380. The van der Waals surface area contributed by atoms with Crippen LogP contribution in [0.5, 0.6) is 0 Å². The van der Waals surface area contributed by atoms with Crippen LogP contribution in [0.1, 0.15) is 45.4 Å². The van der Waals surface area contributed by atoms with Gasteiger partial charge in [0.2, 0.25) is 5.91 Å². The van der Waals surface area contributed by atoms with Crippen LogP contribution in [-0.2, 0) is 9.53 Å². The van der Waals surface area contributed by atoms with E-state index in [1.54, 1.807) is 12.4 Å². The summed E-state index contributed by atoms with van der Waals surface area (Å²) in [6.45, 7) is 5.61. The van der Waals surface area contributed by atoms with E-state index >= 15 is 0 Å². The van der Waals surface area contributed by atoms with Crippen LogP contribution in [0.25, 0.3) is 0 Å². The van der Waals surface area contributed by atoms with Gasteiger partial charge in [0.15, 0.2) is 0 Å². The molecule has 1 amide bonds. The lowest BCUT2D eigenvalue weighted by Crippen LogP contribution is -2.51. The molecule has 1 aromatic rings. The number of aromatic nitrogens is 2. The third kappa shape index (κ3) is 3.12. The van der Waals surface area contributed by atoms with Gasteiger partial charge in [0.25, 0.3) is 0 Å². The zero-order valence-corrected chi connectivity index (χ0v) is 15.1. The first-order chi connectivity index (χ1) is 12.2. The van der Waals surface area contributed by atoms with E-state index in [1.807, 2.05) is 13.1 Å². The zero-order valence-electron chi connectivity index (χ0n) is 15.1. The number of ether oxygens (including phenoxy) is 1. The Morgan fingerprint density at radius 1 is 1.20 bits per heavy atom. The van der Waals surface area contributed by atoms with Gasteiger partial charge in [0, 0.05) is 44.2 Å². The van der Waals surface area contributed by atoms with Crippen molar-refractivity contribution in [2.45, 2.75) is 57.1 Å². The number of hydrogen-bond acceptors (Lipinski definition) is 5. The highest BCUT2D eigenvalue weighted by Gasteiger charge is 2.47. The molecule has 0 bridgehead atoms. The van der Waals surface area contributed by atoms with Crippen molar-refractivity contribution in [3.63, 3.8) is 0 Å². The molecule has 6 nitrogen and oxygen atoms in total. The molecule has 1 aromatic heterocycles. The Hall–Kier alpha value is -1.69. The smallest absolute Gasteiger partial charge is 0.228 e. The molecule has 3 saturated heterocycles. The molecule has 3 fully saturated rings. The summed E-state index contributed by atoms with van der Waals surface area (Å²) in [7, 11) is 0. The van der Waals surface area contributed by atoms with Crippen LogP contribution in [0.4, 0.5) is 5.82 Å². The molecule has 0 saturated carbocycles. The first-order valence-corrected chi connectivity index (χ1v) is 9.64. The summed E-state index contributed by atoms with van der Waals surface area (Å²) in [4.78, 5) is 26.4. The molecule has 1 spiro atoms. The van der Waals surface area contributed by atoms with Crippen molar-refractivity contribution in [3.8, 4) is 0 Å². The monoisotopic (exact) mass is 344 g/mol. The molecule has 136 valence electrons. The van der Waals surface area contributed by atoms with E-state index in [0.29, 0.717) is 5.91 Å². The fourth-order valence-electron chi connectivity index (χ4n) is 4.92. The molecular weight excluding hydrogens is 316 g/mol. The summed E-state index contributed by atoms with van der Waals surface area (Å²) in [5.41, 5.74) is 0.0380. The fourth-order valence-corrected chi connectivity index (χ4v) is 4.92. The summed E-state index contributed by atoms with van der Waals surface area (Å²) in [6, 6.07) is 0. The molecule has 6 heteroatoms. The summed E-state index contributed by atoms with van der Waals surface area (Å²) >= 11 is 0. The SMILES string of the molecule is C[C@@H]1OCC[C@@H]1C(=O)N1CCC[C@]12CCCN(c1cnccn1)CC2. The predicted molar refractivity (Wildman–Crippen MR) is 95.3 cm³/mol. The zero-order chi connectivity index (χ0) is 17.3. The van der Waals surface area contributed by atoms with E-state index in [2.05, 4.69) is 19.8 Å². The van der Waals surface area contributed by atoms with Crippen molar-refractivity contribution < 1.29 is 9.53 Å². The van der Waals surface area contributed by atoms with E-state index < -0.39 is 0 Å². The minimum Gasteiger partial charge on any atom is -0.378 e. The Labute approximate surface area is 149 Å². The molecule has 0 aromatic carbocycles. The second-order valence-corrected chi connectivity index (χ2v) is 7.69. The third-order valence-corrected chi connectivity index (χ3v) is 6.35. The number of rotatable bonds is 2. The van der Waals surface area contributed by atoms with Gasteiger partial charge < -0.3 is 14.5 Å². The van der Waals surface area contributed by atoms with Gasteiger partial charge in [-0.25, -0.2) is 4.98 Å². The number of nitrogens with zero attached hydrogens (tertiary/aromatic N) is 4. The van der Waals surface area contributed by atoms with Gasteiger partial charge in [0.05, 0.1) is 18.2 Å². The van der Waals surface area contributed by atoms with Gasteiger partial charge in [-0.1, -0.05) is 0 Å². The second kappa shape index (κ2) is 6.90. The lowest BCUT2D eigenvalue weighted by molar-refractivity contribution is -0.141. The Balaban J connectivity index is 1.49. The first kappa shape index (κ1) is 16.8. The normalized spacial score (nSPS) is 33.0. The molecule has 4 heterocycles. The number of carbonyl (C=O) groups excluding carboxylic acids is 1. The molecule has 4 rings (SSSR count). The Bertz CT molecular complexity index is 611. The number of hydrogen-bond donors (Lipinski definition) is 0. The van der Waals surface area contributed by atoms with Crippen molar-refractivity contribution >= 4 is 11.7 Å². The van der Waals surface area contributed by atoms with Crippen LogP contribution in [0.2, 0.25) is 0 Å². The van der Waals surface area contributed by atoms with Gasteiger partial charge in [0.1, 0.15) is 5.82 Å². The van der Waals surface area contributed by atoms with Crippen molar-refractivity contribution in [3.05, 3.63) is 18.6 Å². The fraction of sp³-hybridized carbons (Fsp3) is 0.737. The topological polar surface area (TPSA) is 58.6 Å². The van der Waals surface area contributed by atoms with Crippen LogP contribution in [0, 0.1) is 5.92 Å². The van der Waals surface area contributed by atoms with E-state index in [1.165, 1.54) is 0 Å². The van der Waals surface area contributed by atoms with Crippen molar-refractivity contribution in [1.29, 1.82) is 0 Å². The van der Waals surface area contributed by atoms with Crippen LogP contribution in [0.3, 0.4) is 0 Å². The molecular formula is C19H28N4O2. The van der Waals surface area contributed by atoms with Gasteiger partial charge in [-0.3, -0.25) is 9.78 Å². The second-order valence-electron chi connectivity index (χ2n) is 7.69. The van der Waals surface area contributed by atoms with Gasteiger partial charge >= 0.3 is 0 Å². The summed E-state index contributed by atoms with van der Waals surface area (Å²) < 4.78 is 5.65. The molecule has 0 N–H and O–H groups in total. The van der Waals surface area contributed by atoms with E-state index in [0.717, 1.165) is 70.6 Å². The van der Waals surface area contributed by atoms with Gasteiger partial charge in [-0.05, 0) is 45.4 Å². The maximum Gasteiger partial charge on any atom is 0.228 e. The highest BCUT2D eigenvalue weighted by molar-refractivity contribution is 5.81. The summed E-state index contributed by atoms with van der Waals surface area (Å²) in [6.07, 6.45) is 11.7. The Kier molecular flexibility index (Phi) is 4.63. The van der Waals surface area contributed by atoms with E-state index in [4.69, 9.17) is 4.74 Å². The Morgan fingerprint density at radius 2 is 2.04 bits per heavy atom. The number of anilines is 1. The highest BCUT2D eigenvalue weighted by Crippen LogP contribution is 2.41. The maximum atomic E-state index is 13.2. The van der Waals surface area contributed by atoms with Crippen molar-refractivity contribution in [2.24, 2.45) is 5.92 Å². The molecule has 0 radical (unpaired) electrons. The van der Waals surface area contributed by atoms with Crippen LogP contribution >= 0.6 is 0 Å². The molecule has 25 heavy (non-hydrogen) atoms. The molecule has 0 unspecified atom stereocenters. The molecule has 3 aliphatic heterocycles. The highest BCUT2D eigenvalue weighted by atomic mass is 16.5. The lowest BCUT2D eigenvalue weighted by atomic mass is 9.86. The predicted octanol–water partition coefficient (Wildman–Crippen LogP) is 2.25. The average molecular weight is 344 g/mol. The van der Waals surface area contributed by atoms with E-state index in [-0.39, 0.29) is 17.6 Å². The Morgan fingerprint density at radius 3 is 2.76 bits per heavy atom. The van der Waals surface area contributed by atoms with Crippen LogP contribution in [0.15, 0.2) is 18.6 Å². The first-order valence-electron chi connectivity index (χ1n) is 9.64. The summed E-state index contributed by atoms with van der Waals surface area (Å²) in [5, 5.41) is 0. The van der Waals surface area contributed by atoms with Crippen molar-refractivity contribution in [2.75, 3.05) is 31.1 Å². The lowest BCUT2D eigenvalue weighted by Gasteiger charge is -2.40. The number of likely N-dealkylation sites (tertiary alicyclic amines) is 1. The molecule has 0 aliphatic carbocycles. The number of amides is 1. The van der Waals surface area contributed by atoms with E-state index in [9.17, 15) is 4.79 Å². The maximum absolute atomic E-state index is 13.2. The molecule has 3 atom stereocenters. The minimum absolute atomic E-state index is 0.0380. The van der Waals surface area contributed by atoms with Crippen molar-refractivity contribution in [1.82, 2.24) is 14.9 Å². The quantitative estimate of drug-likeness (QED) is 0.824. The van der Waals surface area contributed by atoms with Gasteiger partial charge in [-0.2, -0.15) is 0 Å². The summed E-state index contributed by atoms with van der Waals surface area (Å²) in [5.74, 6) is 1.33. The largest absolute Gasteiger partial charge is 0.378 e. The number of carbonyl (C=O) groups is 1. The third-order valence-electron chi connectivity index (χ3n) is 6.35.